The van der Waals surface area contributed by atoms with E-state index in [1.54, 1.807) is 0 Å². The third-order valence-corrected chi connectivity index (χ3v) is 19.4. The third-order valence-electron chi connectivity index (χ3n) is 19.4. The summed E-state index contributed by atoms with van der Waals surface area (Å²) in [6, 6.07) is 156. The normalized spacial score (nSPS) is 10.4. The van der Waals surface area contributed by atoms with Gasteiger partial charge in [0, 0.05) is 104 Å². The number of nitrogens with zero attached hydrogens (tertiary/aromatic N) is 5. The number of aliphatic hydroxyl groups excluding tert-OH is 3. The van der Waals surface area contributed by atoms with Gasteiger partial charge in [0.15, 0.2) is 17.3 Å². The summed E-state index contributed by atoms with van der Waals surface area (Å²) < 4.78 is 0. The molecular weight excluding hydrogens is 2530 g/mol. The summed E-state index contributed by atoms with van der Waals surface area (Å²) in [6.07, 6.45) is 3.50. The molecule has 16 heteroatoms. The monoisotopic (exact) mass is 2630 g/mol. The fourth-order valence-corrected chi connectivity index (χ4v) is 13.5. The quantitative estimate of drug-likeness (QED) is 0.0514. The van der Waals surface area contributed by atoms with Crippen molar-refractivity contribution < 1.29 is 130 Å². The number of aromatic nitrogens is 5. The molecule has 0 fully saturated rings. The minimum Gasteiger partial charge on any atom is -0.512 e. The maximum Gasteiger partial charge on any atom is 3.00 e. The molecule has 5 heterocycles. The summed E-state index contributed by atoms with van der Waals surface area (Å²) in [4.78, 5) is 53.5. The zero-order valence-electron chi connectivity index (χ0n) is 73.7. The van der Waals surface area contributed by atoms with E-state index in [4.69, 9.17) is 25.3 Å². The number of aryl methyl sites for hydroxylation is 1. The molecule has 0 saturated carbocycles. The van der Waals surface area contributed by atoms with Crippen molar-refractivity contribution in [3.63, 3.8) is 0 Å². The van der Waals surface area contributed by atoms with Crippen LogP contribution >= 0.6 is 0 Å². The summed E-state index contributed by atoms with van der Waals surface area (Å²) in [5, 5.41) is 35.7. The van der Waals surface area contributed by atoms with Crippen molar-refractivity contribution in [3.8, 4) is 78.5 Å². The van der Waals surface area contributed by atoms with E-state index >= 15 is 0 Å². The molecule has 5 aromatic heterocycles. The van der Waals surface area contributed by atoms with Gasteiger partial charge in [-0.25, -0.2) is 11.1 Å². The SMILES string of the molecule is CC(=O)C=C(C)O.CC(=O)C=C(C)O.CC(=O)C=C(C)O.Cc1ccc[c-]c1-c1ccc2ccccc2n1.[Ir+3].[Ir].[Ir].[Ir].[Ir].[c-]1c(-c2ccc3ccccc3n2)c2ccccc2c2ccccc12.[c-]1cc(-c2ccccc2)ccc1-c1ccc2ccccc2n1.[c-]1ccccc1-c1[c-]cccc1.[c-]1ccccc1-c1ccc2ccccc2n1.[c-]1ccccc1-c1ccc2ccccc2n1. The molecule has 15 aromatic carbocycles. The Kier molecular flexibility index (Phi) is 44.8. The van der Waals surface area contributed by atoms with Gasteiger partial charge in [0.05, 0.1) is 44.9 Å². The second-order valence-electron chi connectivity index (χ2n) is 29.4. The largest absolute Gasteiger partial charge is 3.00 e. The summed E-state index contributed by atoms with van der Waals surface area (Å²) in [5.41, 5.74) is 21.0. The average Bonchev–Trinajstić information content (AvgIpc) is 0.758. The van der Waals surface area contributed by atoms with Crippen LogP contribution in [0.25, 0.3) is 155 Å². The summed E-state index contributed by atoms with van der Waals surface area (Å²) in [7, 11) is 0. The van der Waals surface area contributed by atoms with E-state index in [2.05, 4.69) is 228 Å². The van der Waals surface area contributed by atoms with Crippen molar-refractivity contribution in [2.75, 3.05) is 0 Å². The molecule has 133 heavy (non-hydrogen) atoms. The fraction of sp³-hybridized carbons (Fsp3) is 0.0598. The van der Waals surface area contributed by atoms with Gasteiger partial charge in [-0.3, -0.25) is 39.3 Å². The predicted molar refractivity (Wildman–Crippen MR) is 526 cm³/mol. The Morgan fingerprint density at radius 2 is 0.556 bits per heavy atom. The van der Waals surface area contributed by atoms with Gasteiger partial charge >= 0.3 is 20.1 Å². The van der Waals surface area contributed by atoms with Crippen molar-refractivity contribution in [1.29, 1.82) is 0 Å². The fourth-order valence-electron chi connectivity index (χ4n) is 13.5. The van der Waals surface area contributed by atoms with Crippen LogP contribution in [0.3, 0.4) is 0 Å². The van der Waals surface area contributed by atoms with Gasteiger partial charge in [0.2, 0.25) is 0 Å². The van der Waals surface area contributed by atoms with Crippen molar-refractivity contribution in [2.24, 2.45) is 0 Å². The van der Waals surface area contributed by atoms with Crippen LogP contribution in [-0.4, -0.2) is 57.6 Å². The van der Waals surface area contributed by atoms with Gasteiger partial charge < -0.3 is 15.3 Å². The van der Waals surface area contributed by atoms with Gasteiger partial charge in [-0.2, -0.15) is 48.5 Å². The Morgan fingerprint density at radius 3 is 0.895 bits per heavy atom. The zero-order valence-corrected chi connectivity index (χ0v) is 85.7. The number of ketones is 3. The van der Waals surface area contributed by atoms with Crippen LogP contribution in [0.1, 0.15) is 47.1 Å². The zero-order chi connectivity index (χ0) is 89.8. The van der Waals surface area contributed by atoms with Crippen LogP contribution in [-0.2, 0) is 115 Å². The van der Waals surface area contributed by atoms with E-state index in [1.165, 1.54) is 109 Å². The molecular formula is C117H92Ir5N5O6-4. The third kappa shape index (κ3) is 32.9. The number of hydrogen-bond donors (Lipinski definition) is 3. The minimum absolute atomic E-state index is 0. The number of benzene rings is 15. The first kappa shape index (κ1) is 107. The summed E-state index contributed by atoms with van der Waals surface area (Å²) in [5.74, 6) is -0.187. The van der Waals surface area contributed by atoms with Crippen LogP contribution in [0.5, 0.6) is 0 Å². The van der Waals surface area contributed by atoms with Crippen molar-refractivity contribution in [1.82, 2.24) is 24.9 Å². The first-order valence-electron chi connectivity index (χ1n) is 41.5. The second-order valence-corrected chi connectivity index (χ2v) is 29.4. The minimum atomic E-state index is -0.125. The van der Waals surface area contributed by atoms with Crippen molar-refractivity contribution >= 4 is 93.4 Å². The average molecular weight is 2630 g/mol. The van der Waals surface area contributed by atoms with Crippen LogP contribution < -0.4 is 0 Å². The van der Waals surface area contributed by atoms with E-state index in [1.807, 2.05) is 231 Å². The van der Waals surface area contributed by atoms with E-state index in [9.17, 15) is 14.4 Å². The maximum absolute atomic E-state index is 10.0. The topological polar surface area (TPSA) is 176 Å². The number of allylic oxidation sites excluding steroid dienone is 6. The number of carbonyl (C=O) groups is 3. The molecule has 0 aliphatic heterocycles. The van der Waals surface area contributed by atoms with Gasteiger partial charge in [-0.05, 0) is 122 Å². The Hall–Kier alpha value is -13.3. The molecule has 0 saturated heterocycles. The second kappa shape index (κ2) is 55.8. The Morgan fingerprint density at radius 1 is 0.256 bits per heavy atom. The Balaban J connectivity index is 0.000000209. The molecule has 0 unspecified atom stereocenters. The van der Waals surface area contributed by atoms with Gasteiger partial charge in [0.25, 0.3) is 0 Å². The van der Waals surface area contributed by atoms with Crippen molar-refractivity contribution in [2.45, 2.75) is 48.5 Å². The molecule has 20 rings (SSSR count). The molecule has 0 spiro atoms. The number of rotatable bonds is 10. The molecule has 0 aliphatic carbocycles. The molecule has 0 atom stereocenters. The molecule has 3 N–H and O–H groups in total. The molecule has 0 amide bonds. The Bertz CT molecular complexity index is 6970. The number of pyridine rings is 5. The standard InChI is InChI=1S/C23H14N.C21H14N.C16H12N.2C15H10N.C12H8.3C5H8O2.5Ir/c1-3-9-18-17(8-1)15-21(20-11-5-4-10-19(18)20)23-14-13-16-7-2-6-12-22(16)24-23;1-2-6-16(7-3-1)17-10-12-19(13-11-17)21-15-14-18-8-4-5-9-20(18)22-21;1-12-6-2-4-8-14(12)16-11-10-13-7-3-5-9-15(13)17-16;2*1-2-6-12(7-3-1)15-11-10-13-8-4-5-9-14(13)16-15;1-3-7-11(8-4-1)12-9-5-2-6-10-12;3*1-4(6)3-5(2)7;;;;;/h1-14H;1-12,14-15H;2-7,9-11H,1H3;2*1-6,8-11H;1-7,9H;3*3,6H,1-2H3;;;;;/q5*-1;-2;;;;;;;;+3. The molecule has 20 aromatic rings. The number of fused-ring (bicyclic) bond motifs is 8. The van der Waals surface area contributed by atoms with E-state index in [-0.39, 0.29) is 135 Å². The molecule has 11 nitrogen and oxygen atoms in total. The number of hydrogen-bond acceptors (Lipinski definition) is 11. The van der Waals surface area contributed by atoms with Gasteiger partial charge in [0.1, 0.15) is 0 Å². The number of aliphatic hydroxyl groups is 3. The maximum atomic E-state index is 10.0. The van der Waals surface area contributed by atoms with Gasteiger partial charge in [-0.15, -0.1) is 167 Å². The van der Waals surface area contributed by atoms with Crippen LogP contribution in [0.4, 0.5) is 0 Å². The van der Waals surface area contributed by atoms with E-state index in [0.29, 0.717) is 0 Å². The Labute approximate surface area is 845 Å². The molecule has 0 aliphatic rings. The molecule has 670 valence electrons. The van der Waals surface area contributed by atoms with Crippen molar-refractivity contribution in [3.05, 3.63) is 478 Å². The van der Waals surface area contributed by atoms with E-state index in [0.717, 1.165) is 111 Å². The molecule has 4 radical (unpaired) electrons. The first-order chi connectivity index (χ1) is 62.4. The van der Waals surface area contributed by atoms with Crippen LogP contribution in [0, 0.1) is 49.4 Å². The molecule has 0 bridgehead atoms. The predicted octanol–water partition coefficient (Wildman–Crippen LogP) is 28.8. The smallest absolute Gasteiger partial charge is 0.512 e. The summed E-state index contributed by atoms with van der Waals surface area (Å²) >= 11 is 0. The van der Waals surface area contributed by atoms with E-state index < -0.39 is 0 Å². The van der Waals surface area contributed by atoms with Gasteiger partial charge in [-0.1, -0.05) is 264 Å². The van der Waals surface area contributed by atoms with Crippen LogP contribution in [0.15, 0.2) is 430 Å². The summed E-state index contributed by atoms with van der Waals surface area (Å²) in [6.45, 7) is 10.6. The number of carbonyl (C=O) groups excluding carboxylic acids is 3. The number of para-hydroxylation sites is 5. The first-order valence-corrected chi connectivity index (χ1v) is 41.5. The van der Waals surface area contributed by atoms with Crippen LogP contribution in [0.2, 0.25) is 0 Å².